The van der Waals surface area contributed by atoms with Crippen LogP contribution in [-0.2, 0) is 9.59 Å². The van der Waals surface area contributed by atoms with Crippen molar-refractivity contribution in [3.8, 4) is 0 Å². The average molecular weight is 405 g/mol. The second kappa shape index (κ2) is 10.4. The number of halogens is 1. The molecule has 2 aromatic rings. The lowest BCUT2D eigenvalue weighted by molar-refractivity contribution is -0.116. The molecule has 2 N–H and O–H groups in total. The van der Waals surface area contributed by atoms with E-state index < -0.39 is 0 Å². The maximum atomic E-state index is 12.4. The zero-order valence-corrected chi connectivity index (χ0v) is 17.4. The molecule has 0 spiro atoms. The molecule has 0 bridgehead atoms. The summed E-state index contributed by atoms with van der Waals surface area (Å²) in [4.78, 5) is 25.1. The zero-order chi connectivity index (χ0) is 19.8. The highest BCUT2D eigenvalue weighted by Crippen LogP contribution is 2.26. The smallest absolute Gasteiger partial charge is 0.237 e. The summed E-state index contributed by atoms with van der Waals surface area (Å²) in [5, 5.41) is 6.13. The number of hydrogen-bond donors (Lipinski definition) is 2. The number of rotatable bonds is 8. The second-order valence-corrected chi connectivity index (χ2v) is 8.21. The molecule has 0 aliphatic heterocycles. The Kier molecular flexibility index (Phi) is 8.20. The standard InChI is InChI=1S/C21H25ClN2O2S/c1-4-5-6-20(25)23-16-9-11-18(12-10-16)27-15(3)21(26)24-17-8-7-14(2)19(22)13-17/h7-13,15H,4-6H2,1-3H3,(H,23,25)(H,24,26). The SMILES string of the molecule is CCCCC(=O)Nc1ccc(SC(C)C(=O)Nc2ccc(C)c(Cl)c2)cc1. The Morgan fingerprint density at radius 1 is 1.07 bits per heavy atom. The van der Waals surface area contributed by atoms with Crippen LogP contribution >= 0.6 is 23.4 Å². The minimum Gasteiger partial charge on any atom is -0.326 e. The molecule has 27 heavy (non-hydrogen) atoms. The molecule has 4 nitrogen and oxygen atoms in total. The molecule has 6 heteroatoms. The van der Waals surface area contributed by atoms with Gasteiger partial charge in [-0.2, -0.15) is 0 Å². The molecule has 144 valence electrons. The second-order valence-electron chi connectivity index (χ2n) is 6.39. The number of aryl methyl sites for hydroxylation is 1. The first kappa shape index (κ1) is 21.3. The lowest BCUT2D eigenvalue weighted by Gasteiger charge is -2.13. The molecule has 1 atom stereocenters. The van der Waals surface area contributed by atoms with E-state index in [1.165, 1.54) is 11.8 Å². The van der Waals surface area contributed by atoms with E-state index in [9.17, 15) is 9.59 Å². The summed E-state index contributed by atoms with van der Waals surface area (Å²) in [5.41, 5.74) is 2.43. The molecule has 2 aromatic carbocycles. The monoisotopic (exact) mass is 404 g/mol. The number of anilines is 2. The van der Waals surface area contributed by atoms with Gasteiger partial charge in [0.05, 0.1) is 5.25 Å². The van der Waals surface area contributed by atoms with Crippen molar-refractivity contribution in [3.63, 3.8) is 0 Å². The fourth-order valence-electron chi connectivity index (χ4n) is 2.35. The van der Waals surface area contributed by atoms with Gasteiger partial charge in [-0.15, -0.1) is 11.8 Å². The number of benzene rings is 2. The first-order chi connectivity index (χ1) is 12.9. The summed E-state index contributed by atoms with van der Waals surface area (Å²) in [6.07, 6.45) is 2.42. The van der Waals surface area contributed by atoms with Gasteiger partial charge in [-0.3, -0.25) is 9.59 Å². The topological polar surface area (TPSA) is 58.2 Å². The number of nitrogens with one attached hydrogen (secondary N) is 2. The van der Waals surface area contributed by atoms with Gasteiger partial charge in [-0.05, 0) is 62.2 Å². The van der Waals surface area contributed by atoms with E-state index in [0.29, 0.717) is 17.1 Å². The van der Waals surface area contributed by atoms with E-state index >= 15 is 0 Å². The third-order valence-electron chi connectivity index (χ3n) is 4.02. The number of carbonyl (C=O) groups is 2. The highest BCUT2D eigenvalue weighted by atomic mass is 35.5. The lowest BCUT2D eigenvalue weighted by atomic mass is 10.2. The number of thioether (sulfide) groups is 1. The number of unbranched alkanes of at least 4 members (excludes halogenated alkanes) is 1. The highest BCUT2D eigenvalue weighted by molar-refractivity contribution is 8.00. The van der Waals surface area contributed by atoms with Crippen molar-refractivity contribution in [3.05, 3.63) is 53.1 Å². The van der Waals surface area contributed by atoms with Gasteiger partial charge < -0.3 is 10.6 Å². The summed E-state index contributed by atoms with van der Waals surface area (Å²) in [6, 6.07) is 13.0. The summed E-state index contributed by atoms with van der Waals surface area (Å²) in [5.74, 6) is -0.0568. The Hall–Kier alpha value is -1.98. The summed E-state index contributed by atoms with van der Waals surface area (Å²) in [7, 11) is 0. The maximum absolute atomic E-state index is 12.4. The van der Waals surface area contributed by atoms with Crippen molar-refractivity contribution in [2.24, 2.45) is 0 Å². The quantitative estimate of drug-likeness (QED) is 0.538. The van der Waals surface area contributed by atoms with Crippen LogP contribution < -0.4 is 10.6 Å². The van der Waals surface area contributed by atoms with Crippen LogP contribution in [0, 0.1) is 6.92 Å². The van der Waals surface area contributed by atoms with E-state index in [0.717, 1.165) is 29.0 Å². The predicted octanol–water partition coefficient (Wildman–Crippen LogP) is 5.90. The molecular formula is C21H25ClN2O2S. The van der Waals surface area contributed by atoms with E-state index in [1.54, 1.807) is 6.07 Å². The third-order valence-corrected chi connectivity index (χ3v) is 5.54. The van der Waals surface area contributed by atoms with Crippen molar-refractivity contribution in [1.29, 1.82) is 0 Å². The van der Waals surface area contributed by atoms with Gasteiger partial charge in [0.15, 0.2) is 0 Å². The Morgan fingerprint density at radius 3 is 2.37 bits per heavy atom. The summed E-state index contributed by atoms with van der Waals surface area (Å²) in [6.45, 7) is 5.84. The minimum atomic E-state index is -0.268. The highest BCUT2D eigenvalue weighted by Gasteiger charge is 2.15. The van der Waals surface area contributed by atoms with Gasteiger partial charge >= 0.3 is 0 Å². The number of hydrogen-bond acceptors (Lipinski definition) is 3. The number of amides is 2. The molecule has 0 aliphatic carbocycles. The van der Waals surface area contributed by atoms with Crippen molar-refractivity contribution in [2.75, 3.05) is 10.6 Å². The Balaban J connectivity index is 1.88. The molecule has 0 saturated heterocycles. The van der Waals surface area contributed by atoms with Gasteiger partial charge in [0.1, 0.15) is 0 Å². The molecule has 0 radical (unpaired) electrons. The van der Waals surface area contributed by atoms with Crippen LogP contribution in [0.4, 0.5) is 11.4 Å². The Labute approximate surface area is 170 Å². The van der Waals surface area contributed by atoms with Crippen LogP contribution in [0.25, 0.3) is 0 Å². The van der Waals surface area contributed by atoms with Crippen LogP contribution in [0.1, 0.15) is 38.7 Å². The molecule has 0 aliphatic rings. The largest absolute Gasteiger partial charge is 0.326 e. The fourth-order valence-corrected chi connectivity index (χ4v) is 3.40. The Morgan fingerprint density at radius 2 is 1.74 bits per heavy atom. The normalized spacial score (nSPS) is 11.7. The lowest BCUT2D eigenvalue weighted by Crippen LogP contribution is -2.22. The molecule has 2 rings (SSSR count). The van der Waals surface area contributed by atoms with Crippen LogP contribution in [0.15, 0.2) is 47.4 Å². The molecule has 0 aromatic heterocycles. The molecule has 0 heterocycles. The molecule has 1 unspecified atom stereocenters. The van der Waals surface area contributed by atoms with Crippen LogP contribution in [-0.4, -0.2) is 17.1 Å². The van der Waals surface area contributed by atoms with E-state index in [1.807, 2.05) is 50.2 Å². The predicted molar refractivity (Wildman–Crippen MR) is 115 cm³/mol. The minimum absolute atomic E-state index is 0.0294. The summed E-state index contributed by atoms with van der Waals surface area (Å²) < 4.78 is 0. The van der Waals surface area contributed by atoms with Gasteiger partial charge in [-0.1, -0.05) is 31.0 Å². The fraction of sp³-hybridized carbons (Fsp3) is 0.333. The first-order valence-electron chi connectivity index (χ1n) is 9.02. The zero-order valence-electron chi connectivity index (χ0n) is 15.8. The van der Waals surface area contributed by atoms with Crippen LogP contribution in [0.3, 0.4) is 0 Å². The van der Waals surface area contributed by atoms with Gasteiger partial charge in [0, 0.05) is 27.7 Å². The van der Waals surface area contributed by atoms with Crippen LogP contribution in [0.5, 0.6) is 0 Å². The third kappa shape index (κ3) is 6.92. The van der Waals surface area contributed by atoms with Gasteiger partial charge in [0.25, 0.3) is 0 Å². The molecule has 0 saturated carbocycles. The van der Waals surface area contributed by atoms with E-state index in [2.05, 4.69) is 17.6 Å². The first-order valence-corrected chi connectivity index (χ1v) is 10.3. The molecule has 0 fully saturated rings. The van der Waals surface area contributed by atoms with Crippen molar-refractivity contribution >= 4 is 46.6 Å². The van der Waals surface area contributed by atoms with Crippen molar-refractivity contribution in [2.45, 2.75) is 50.2 Å². The van der Waals surface area contributed by atoms with E-state index in [-0.39, 0.29) is 17.1 Å². The Bertz CT molecular complexity index is 793. The van der Waals surface area contributed by atoms with Crippen LogP contribution in [0.2, 0.25) is 5.02 Å². The summed E-state index contributed by atoms with van der Waals surface area (Å²) >= 11 is 7.56. The molecular weight excluding hydrogens is 380 g/mol. The van der Waals surface area contributed by atoms with E-state index in [4.69, 9.17) is 11.6 Å². The van der Waals surface area contributed by atoms with Gasteiger partial charge in [0.2, 0.25) is 11.8 Å². The van der Waals surface area contributed by atoms with Crippen molar-refractivity contribution < 1.29 is 9.59 Å². The average Bonchev–Trinajstić information content (AvgIpc) is 2.64. The van der Waals surface area contributed by atoms with Crippen molar-refractivity contribution in [1.82, 2.24) is 0 Å². The van der Waals surface area contributed by atoms with Gasteiger partial charge in [-0.25, -0.2) is 0 Å². The molecule has 2 amide bonds. The number of carbonyl (C=O) groups excluding carboxylic acids is 2. The maximum Gasteiger partial charge on any atom is 0.237 e.